The van der Waals surface area contributed by atoms with Gasteiger partial charge in [-0.15, -0.1) is 0 Å². The number of carboxylic acid groups (broad SMARTS) is 1. The predicted octanol–water partition coefficient (Wildman–Crippen LogP) is 4.40. The minimum absolute atomic E-state index is 0.126. The number of nitrogens with one attached hydrogen (secondary N) is 3. The van der Waals surface area contributed by atoms with Crippen molar-refractivity contribution in [1.82, 2.24) is 5.32 Å². The van der Waals surface area contributed by atoms with E-state index in [9.17, 15) is 14.4 Å². The van der Waals surface area contributed by atoms with Crippen LogP contribution in [0.5, 0.6) is 0 Å². The molecule has 192 valence electrons. The van der Waals surface area contributed by atoms with Gasteiger partial charge in [0.25, 0.3) is 0 Å². The molecule has 0 fully saturated rings. The van der Waals surface area contributed by atoms with Crippen LogP contribution in [0.3, 0.4) is 0 Å². The number of amides is 3. The first-order valence-corrected chi connectivity index (χ1v) is 13.3. The summed E-state index contributed by atoms with van der Waals surface area (Å²) in [5.41, 5.74) is 3.10. The van der Waals surface area contributed by atoms with Gasteiger partial charge in [-0.3, -0.25) is 9.59 Å². The zero-order valence-electron chi connectivity index (χ0n) is 20.3. The van der Waals surface area contributed by atoms with Crippen LogP contribution < -0.4 is 16.0 Å². The summed E-state index contributed by atoms with van der Waals surface area (Å²) in [5, 5.41) is 17.6. The van der Waals surface area contributed by atoms with Crippen molar-refractivity contribution in [3.8, 4) is 0 Å². The number of para-hydroxylation sites is 1. The Bertz CT molecular complexity index is 1110. The monoisotopic (exact) mass is 606 g/mol. The molecule has 1 aliphatic rings. The first kappa shape index (κ1) is 27.4. The number of ether oxygens (including phenoxy) is 1. The van der Waals surface area contributed by atoms with E-state index >= 15 is 0 Å². The highest BCUT2D eigenvalue weighted by molar-refractivity contribution is 14.1. The molecule has 2 aromatic rings. The van der Waals surface area contributed by atoms with Gasteiger partial charge in [0, 0.05) is 15.8 Å². The summed E-state index contributed by atoms with van der Waals surface area (Å²) in [6, 6.07) is 13.8. The van der Waals surface area contributed by atoms with E-state index in [1.807, 2.05) is 31.2 Å². The van der Waals surface area contributed by atoms with Crippen LogP contribution in [0.1, 0.15) is 30.9 Å². The van der Waals surface area contributed by atoms with Gasteiger partial charge in [-0.25, -0.2) is 9.79 Å². The van der Waals surface area contributed by atoms with Gasteiger partial charge >= 0.3 is 12.0 Å². The lowest BCUT2D eigenvalue weighted by Gasteiger charge is -2.22. The second-order valence-electron chi connectivity index (χ2n) is 8.90. The van der Waals surface area contributed by atoms with Crippen molar-refractivity contribution in [3.63, 3.8) is 0 Å². The summed E-state index contributed by atoms with van der Waals surface area (Å²) in [4.78, 5) is 40.5. The van der Waals surface area contributed by atoms with E-state index in [2.05, 4.69) is 50.5 Å². The van der Waals surface area contributed by atoms with Gasteiger partial charge in [-0.1, -0.05) is 59.8 Å². The number of carboxylic acids is 1. The highest BCUT2D eigenvalue weighted by Crippen LogP contribution is 2.18. The number of aryl methyl sites for hydroxylation is 1. The number of rotatable bonds is 11. The van der Waals surface area contributed by atoms with Crippen molar-refractivity contribution in [1.29, 1.82) is 0 Å². The van der Waals surface area contributed by atoms with Gasteiger partial charge in [0.05, 0.1) is 19.4 Å². The number of aliphatic carboxylic acids is 1. The minimum Gasteiger partial charge on any atom is -0.481 e. The molecule has 0 spiro atoms. The summed E-state index contributed by atoms with van der Waals surface area (Å²) in [7, 11) is 0. The summed E-state index contributed by atoms with van der Waals surface area (Å²) < 4.78 is 6.64. The smallest absolute Gasteiger partial charge is 0.323 e. The van der Waals surface area contributed by atoms with Gasteiger partial charge in [-0.2, -0.15) is 0 Å². The largest absolute Gasteiger partial charge is 0.481 e. The average molecular weight is 606 g/mol. The van der Waals surface area contributed by atoms with Crippen LogP contribution in [-0.4, -0.2) is 52.0 Å². The fourth-order valence-corrected chi connectivity index (χ4v) is 4.11. The van der Waals surface area contributed by atoms with Crippen LogP contribution in [-0.2, 0) is 20.7 Å². The molecule has 4 N–H and O–H groups in total. The van der Waals surface area contributed by atoms with E-state index in [0.717, 1.165) is 21.2 Å². The number of benzene rings is 2. The molecule has 3 amide bonds. The summed E-state index contributed by atoms with van der Waals surface area (Å²) >= 11 is 2.30. The van der Waals surface area contributed by atoms with Crippen molar-refractivity contribution >= 4 is 57.8 Å². The molecule has 0 aliphatic carbocycles. The van der Waals surface area contributed by atoms with Gasteiger partial charge in [0.2, 0.25) is 11.8 Å². The fraction of sp³-hybridized carbons (Fsp3) is 0.385. The minimum atomic E-state index is -0.941. The van der Waals surface area contributed by atoms with Gasteiger partial charge in [0.1, 0.15) is 12.1 Å². The number of aliphatic imine (C=N–C) groups is 1. The van der Waals surface area contributed by atoms with E-state index in [-0.39, 0.29) is 31.3 Å². The second-order valence-corrected chi connectivity index (χ2v) is 9.78. The van der Waals surface area contributed by atoms with Crippen molar-refractivity contribution < 1.29 is 24.2 Å². The Morgan fingerprint density at radius 3 is 2.53 bits per heavy atom. The molecule has 0 radical (unpaired) electrons. The molecule has 0 saturated heterocycles. The zero-order chi connectivity index (χ0) is 26.1. The Kier molecular flexibility index (Phi) is 10.1. The molecular formula is C26H31IN4O5. The lowest BCUT2D eigenvalue weighted by atomic mass is 10.0. The van der Waals surface area contributed by atoms with E-state index < -0.39 is 18.1 Å². The molecule has 2 aromatic carbocycles. The van der Waals surface area contributed by atoms with Crippen LogP contribution in [0.25, 0.3) is 0 Å². The molecule has 1 heterocycles. The average Bonchev–Trinajstić information content (AvgIpc) is 3.29. The molecule has 36 heavy (non-hydrogen) atoms. The molecule has 2 unspecified atom stereocenters. The quantitative estimate of drug-likeness (QED) is 0.223. The maximum absolute atomic E-state index is 12.8. The maximum Gasteiger partial charge on any atom is 0.323 e. The Labute approximate surface area is 224 Å². The van der Waals surface area contributed by atoms with Crippen LogP contribution in [0, 0.1) is 12.8 Å². The van der Waals surface area contributed by atoms with Crippen molar-refractivity contribution in [2.24, 2.45) is 10.9 Å². The first-order valence-electron chi connectivity index (χ1n) is 11.7. The van der Waals surface area contributed by atoms with Crippen LogP contribution in [0.2, 0.25) is 0 Å². The highest BCUT2D eigenvalue weighted by atomic mass is 127. The summed E-state index contributed by atoms with van der Waals surface area (Å²) in [6.07, 6.45) is 0.164. The van der Waals surface area contributed by atoms with E-state index in [0.29, 0.717) is 23.9 Å². The fourth-order valence-electron chi connectivity index (χ4n) is 3.75. The number of nitrogens with zero attached hydrogens (tertiary/aromatic N) is 1. The third-order valence-electron chi connectivity index (χ3n) is 5.65. The number of halogens is 1. The Hall–Kier alpha value is -3.15. The number of carbonyl (C=O) groups is 3. The van der Waals surface area contributed by atoms with Gasteiger partial charge < -0.3 is 25.8 Å². The molecule has 3 rings (SSSR count). The number of urea groups is 1. The third kappa shape index (κ3) is 8.51. The highest BCUT2D eigenvalue weighted by Gasteiger charge is 2.30. The lowest BCUT2D eigenvalue weighted by Crippen LogP contribution is -2.43. The van der Waals surface area contributed by atoms with Crippen molar-refractivity contribution in [2.45, 2.75) is 45.3 Å². The molecule has 0 aromatic heterocycles. The second kappa shape index (κ2) is 13.2. The van der Waals surface area contributed by atoms with Gasteiger partial charge in [0.15, 0.2) is 0 Å². The van der Waals surface area contributed by atoms with Crippen LogP contribution in [0.4, 0.5) is 16.2 Å². The molecule has 10 heteroatoms. The van der Waals surface area contributed by atoms with Crippen LogP contribution in [0.15, 0.2) is 53.5 Å². The van der Waals surface area contributed by atoms with E-state index in [4.69, 9.17) is 9.84 Å². The number of hydrogen-bond acceptors (Lipinski definition) is 5. The third-order valence-corrected chi connectivity index (χ3v) is 7.15. The molecule has 3 atom stereocenters. The SMILES string of the molecule is Cc1ccccc1NC(=O)Nc1ccc(CC(=O)NC(CC(C)CI)C2=NC[C@H](CC(=O)O)O2)cc1. The Balaban J connectivity index is 1.55. The number of anilines is 2. The first-order chi connectivity index (χ1) is 17.2. The molecular weight excluding hydrogens is 575 g/mol. The zero-order valence-corrected chi connectivity index (χ0v) is 22.4. The lowest BCUT2D eigenvalue weighted by molar-refractivity contribution is -0.138. The molecule has 0 saturated carbocycles. The molecule has 1 aliphatic heterocycles. The van der Waals surface area contributed by atoms with Crippen LogP contribution >= 0.6 is 22.6 Å². The van der Waals surface area contributed by atoms with Crippen molar-refractivity contribution in [2.75, 3.05) is 21.6 Å². The predicted molar refractivity (Wildman–Crippen MR) is 148 cm³/mol. The Morgan fingerprint density at radius 1 is 1.14 bits per heavy atom. The van der Waals surface area contributed by atoms with E-state index in [1.54, 1.807) is 24.3 Å². The van der Waals surface area contributed by atoms with E-state index in [1.165, 1.54) is 0 Å². The number of alkyl halides is 1. The maximum atomic E-state index is 12.8. The number of hydrogen-bond donors (Lipinski definition) is 4. The Morgan fingerprint density at radius 2 is 1.86 bits per heavy atom. The molecule has 9 nitrogen and oxygen atoms in total. The van der Waals surface area contributed by atoms with Crippen molar-refractivity contribution in [3.05, 3.63) is 59.7 Å². The summed E-state index contributed by atoms with van der Waals surface area (Å²) in [6.45, 7) is 4.28. The normalized spacial score (nSPS) is 16.3. The number of carbonyl (C=O) groups excluding carboxylic acids is 2. The summed E-state index contributed by atoms with van der Waals surface area (Å²) in [5.74, 6) is -0.419. The molecule has 0 bridgehead atoms. The topological polar surface area (TPSA) is 129 Å². The standard InChI is InChI=1S/C26H31IN4O5/c1-16(14-27)11-22(25-28-15-20(36-25)13-24(33)34)30-23(32)12-18-7-9-19(10-8-18)29-26(35)31-21-6-4-3-5-17(21)2/h3-10,16,20,22H,11-15H2,1-2H3,(H,30,32)(H,33,34)(H2,29,31,35)/t16?,20-,22?/m0/s1. The van der Waals surface area contributed by atoms with Gasteiger partial charge in [-0.05, 0) is 48.6 Å².